The lowest BCUT2D eigenvalue weighted by atomic mass is 9.87. The van der Waals surface area contributed by atoms with Crippen molar-refractivity contribution in [2.75, 3.05) is 16.3 Å². The summed E-state index contributed by atoms with van der Waals surface area (Å²) in [4.78, 5) is 12.3. The first kappa shape index (κ1) is 18.0. The Bertz CT molecular complexity index is 835. The van der Waals surface area contributed by atoms with Crippen LogP contribution in [0.1, 0.15) is 36.7 Å². The smallest absolute Gasteiger partial charge is 0.255 e. The van der Waals surface area contributed by atoms with Gasteiger partial charge in [-0.25, -0.2) is 8.42 Å². The lowest BCUT2D eigenvalue weighted by Gasteiger charge is -2.19. The van der Waals surface area contributed by atoms with Crippen molar-refractivity contribution in [3.63, 3.8) is 0 Å². The van der Waals surface area contributed by atoms with E-state index in [9.17, 15) is 13.2 Å². The molecule has 0 aliphatic carbocycles. The molecule has 24 heavy (non-hydrogen) atoms. The van der Waals surface area contributed by atoms with Crippen LogP contribution in [0, 0.1) is 0 Å². The predicted molar refractivity (Wildman–Crippen MR) is 98.0 cm³/mol. The number of sulfonamides is 1. The highest BCUT2D eigenvalue weighted by Gasteiger charge is 2.13. The standard InChI is InChI=1S/C18H22N2O3S/c1-18(2,3)14-8-10-15(11-9-14)19-17(21)13-6-5-7-16(12-13)20-24(4,22)23/h5-12,20H,1-4H3,(H,19,21). The van der Waals surface area contributed by atoms with E-state index < -0.39 is 10.0 Å². The minimum absolute atomic E-state index is 0.0498. The largest absolute Gasteiger partial charge is 0.322 e. The van der Waals surface area contributed by atoms with Gasteiger partial charge >= 0.3 is 0 Å². The van der Waals surface area contributed by atoms with Crippen molar-refractivity contribution >= 4 is 27.3 Å². The van der Waals surface area contributed by atoms with Gasteiger partial charge in [-0.2, -0.15) is 0 Å². The quantitative estimate of drug-likeness (QED) is 0.888. The summed E-state index contributed by atoms with van der Waals surface area (Å²) >= 11 is 0. The molecule has 0 atom stereocenters. The zero-order chi connectivity index (χ0) is 18.0. The maximum absolute atomic E-state index is 12.3. The first-order valence-electron chi connectivity index (χ1n) is 7.54. The monoisotopic (exact) mass is 346 g/mol. The summed E-state index contributed by atoms with van der Waals surface area (Å²) in [7, 11) is -3.38. The van der Waals surface area contributed by atoms with Gasteiger partial charge in [-0.3, -0.25) is 9.52 Å². The second-order valence-electron chi connectivity index (χ2n) is 6.74. The number of anilines is 2. The number of amides is 1. The molecule has 0 spiro atoms. The van der Waals surface area contributed by atoms with Crippen molar-refractivity contribution in [3.8, 4) is 0 Å². The van der Waals surface area contributed by atoms with Crippen LogP contribution in [0.15, 0.2) is 48.5 Å². The summed E-state index contributed by atoms with van der Waals surface area (Å²) in [5.74, 6) is -0.296. The summed E-state index contributed by atoms with van der Waals surface area (Å²) in [6, 6.07) is 14.0. The van der Waals surface area contributed by atoms with Gasteiger partial charge < -0.3 is 5.32 Å². The summed E-state index contributed by atoms with van der Waals surface area (Å²) in [6.07, 6.45) is 1.07. The average molecular weight is 346 g/mol. The number of hydrogen-bond donors (Lipinski definition) is 2. The fourth-order valence-corrected chi connectivity index (χ4v) is 2.75. The maximum atomic E-state index is 12.3. The van der Waals surface area contributed by atoms with Gasteiger partial charge in [0, 0.05) is 16.9 Å². The van der Waals surface area contributed by atoms with E-state index in [1.165, 1.54) is 11.6 Å². The summed E-state index contributed by atoms with van der Waals surface area (Å²) in [5.41, 5.74) is 2.65. The Morgan fingerprint density at radius 1 is 0.958 bits per heavy atom. The van der Waals surface area contributed by atoms with Gasteiger partial charge in [0.15, 0.2) is 0 Å². The van der Waals surface area contributed by atoms with E-state index in [-0.39, 0.29) is 11.3 Å². The molecule has 0 aliphatic rings. The van der Waals surface area contributed by atoms with Gasteiger partial charge in [-0.1, -0.05) is 39.0 Å². The zero-order valence-electron chi connectivity index (χ0n) is 14.3. The molecular weight excluding hydrogens is 324 g/mol. The lowest BCUT2D eigenvalue weighted by Crippen LogP contribution is -2.14. The summed E-state index contributed by atoms with van der Waals surface area (Å²) in [6.45, 7) is 6.38. The Hall–Kier alpha value is -2.34. The zero-order valence-corrected chi connectivity index (χ0v) is 15.1. The SMILES string of the molecule is CC(C)(C)c1ccc(NC(=O)c2cccc(NS(C)(=O)=O)c2)cc1. The molecule has 0 saturated carbocycles. The van der Waals surface area contributed by atoms with Crippen molar-refractivity contribution in [3.05, 3.63) is 59.7 Å². The Morgan fingerprint density at radius 2 is 1.58 bits per heavy atom. The fourth-order valence-electron chi connectivity index (χ4n) is 2.19. The topological polar surface area (TPSA) is 75.3 Å². The third kappa shape index (κ3) is 5.09. The minimum atomic E-state index is -3.38. The van der Waals surface area contributed by atoms with Crippen LogP contribution in [0.4, 0.5) is 11.4 Å². The highest BCUT2D eigenvalue weighted by atomic mass is 32.2. The lowest BCUT2D eigenvalue weighted by molar-refractivity contribution is 0.102. The molecule has 2 aromatic carbocycles. The molecule has 2 aromatic rings. The Kier molecular flexibility index (Phi) is 4.99. The van der Waals surface area contributed by atoms with Gasteiger partial charge in [0.05, 0.1) is 6.26 Å². The first-order valence-corrected chi connectivity index (χ1v) is 9.43. The van der Waals surface area contributed by atoms with Crippen LogP contribution in [-0.4, -0.2) is 20.6 Å². The van der Waals surface area contributed by atoms with Crippen molar-refractivity contribution in [2.45, 2.75) is 26.2 Å². The summed E-state index contributed by atoms with van der Waals surface area (Å²) in [5, 5.41) is 2.81. The second-order valence-corrected chi connectivity index (χ2v) is 8.48. The molecule has 0 radical (unpaired) electrons. The van der Waals surface area contributed by atoms with E-state index in [0.29, 0.717) is 16.9 Å². The third-order valence-corrected chi connectivity index (χ3v) is 4.04. The van der Waals surface area contributed by atoms with Crippen LogP contribution in [-0.2, 0) is 15.4 Å². The third-order valence-electron chi connectivity index (χ3n) is 3.44. The van der Waals surface area contributed by atoms with Crippen LogP contribution in [0.5, 0.6) is 0 Å². The van der Waals surface area contributed by atoms with Crippen LogP contribution in [0.3, 0.4) is 0 Å². The number of carbonyl (C=O) groups is 1. The van der Waals surface area contributed by atoms with Crippen molar-refractivity contribution in [2.24, 2.45) is 0 Å². The molecule has 6 heteroatoms. The number of nitrogens with one attached hydrogen (secondary N) is 2. The maximum Gasteiger partial charge on any atom is 0.255 e. The van der Waals surface area contributed by atoms with Crippen LogP contribution < -0.4 is 10.0 Å². The molecule has 0 fully saturated rings. The van der Waals surface area contributed by atoms with Crippen molar-refractivity contribution < 1.29 is 13.2 Å². The van der Waals surface area contributed by atoms with E-state index in [1.807, 2.05) is 24.3 Å². The van der Waals surface area contributed by atoms with Gasteiger partial charge in [0.1, 0.15) is 0 Å². The molecule has 0 aromatic heterocycles. The number of rotatable bonds is 4. The minimum Gasteiger partial charge on any atom is -0.322 e. The van der Waals surface area contributed by atoms with E-state index in [1.54, 1.807) is 18.2 Å². The van der Waals surface area contributed by atoms with E-state index >= 15 is 0 Å². The number of carbonyl (C=O) groups excluding carboxylic acids is 1. The Balaban J connectivity index is 2.14. The molecule has 5 nitrogen and oxygen atoms in total. The normalized spacial score (nSPS) is 11.8. The highest BCUT2D eigenvalue weighted by molar-refractivity contribution is 7.92. The van der Waals surface area contributed by atoms with E-state index in [2.05, 4.69) is 30.8 Å². The Labute approximate surface area is 143 Å². The highest BCUT2D eigenvalue weighted by Crippen LogP contribution is 2.23. The van der Waals surface area contributed by atoms with Gasteiger partial charge in [-0.15, -0.1) is 0 Å². The Morgan fingerprint density at radius 3 is 2.12 bits per heavy atom. The molecule has 2 N–H and O–H groups in total. The predicted octanol–water partition coefficient (Wildman–Crippen LogP) is 3.61. The van der Waals surface area contributed by atoms with Crippen molar-refractivity contribution in [1.29, 1.82) is 0 Å². The molecule has 0 aliphatic heterocycles. The van der Waals surface area contributed by atoms with E-state index in [4.69, 9.17) is 0 Å². The van der Waals surface area contributed by atoms with Crippen molar-refractivity contribution in [1.82, 2.24) is 0 Å². The number of hydrogen-bond acceptors (Lipinski definition) is 3. The molecule has 0 bridgehead atoms. The molecule has 0 heterocycles. The van der Waals surface area contributed by atoms with Crippen LogP contribution in [0.25, 0.3) is 0 Å². The number of benzene rings is 2. The van der Waals surface area contributed by atoms with Crippen LogP contribution in [0.2, 0.25) is 0 Å². The molecule has 128 valence electrons. The first-order chi connectivity index (χ1) is 11.0. The molecule has 0 saturated heterocycles. The second kappa shape index (κ2) is 6.65. The molecule has 2 rings (SSSR count). The molecule has 1 amide bonds. The van der Waals surface area contributed by atoms with Gasteiger partial charge in [0.25, 0.3) is 5.91 Å². The van der Waals surface area contributed by atoms with Gasteiger partial charge in [-0.05, 0) is 41.3 Å². The van der Waals surface area contributed by atoms with Gasteiger partial charge in [0.2, 0.25) is 10.0 Å². The van der Waals surface area contributed by atoms with E-state index in [0.717, 1.165) is 6.26 Å². The fraction of sp³-hybridized carbons (Fsp3) is 0.278. The molecule has 0 unspecified atom stereocenters. The average Bonchev–Trinajstić information content (AvgIpc) is 2.45. The van der Waals surface area contributed by atoms with Crippen LogP contribution >= 0.6 is 0 Å². The summed E-state index contributed by atoms with van der Waals surface area (Å²) < 4.78 is 24.9. The molecular formula is C18H22N2O3S.